The minimum Gasteiger partial charge on any atom is -0.493 e. The van der Waals surface area contributed by atoms with Gasteiger partial charge in [0.05, 0.1) is 6.61 Å². The van der Waals surface area contributed by atoms with Gasteiger partial charge in [-0.15, -0.1) is 0 Å². The van der Waals surface area contributed by atoms with Gasteiger partial charge >= 0.3 is 0 Å². The van der Waals surface area contributed by atoms with Crippen molar-refractivity contribution < 1.29 is 9.13 Å². The van der Waals surface area contributed by atoms with Crippen molar-refractivity contribution in [2.24, 2.45) is 5.92 Å². The first-order chi connectivity index (χ1) is 10.2. The number of halogens is 2. The van der Waals surface area contributed by atoms with Crippen molar-refractivity contribution in [1.29, 1.82) is 0 Å². The molecule has 3 rings (SSSR count). The van der Waals surface area contributed by atoms with E-state index in [9.17, 15) is 4.39 Å². The Morgan fingerprint density at radius 2 is 2.10 bits per heavy atom. The van der Waals surface area contributed by atoms with E-state index in [1.54, 1.807) is 6.07 Å². The highest BCUT2D eigenvalue weighted by Crippen LogP contribution is 2.35. The molecule has 21 heavy (non-hydrogen) atoms. The van der Waals surface area contributed by atoms with Crippen LogP contribution in [0, 0.1) is 11.7 Å². The Morgan fingerprint density at radius 1 is 1.29 bits per heavy atom. The first-order valence-electron chi connectivity index (χ1n) is 7.02. The van der Waals surface area contributed by atoms with Crippen molar-refractivity contribution in [3.05, 3.63) is 64.4 Å². The van der Waals surface area contributed by atoms with Crippen LogP contribution in [0.25, 0.3) is 0 Å². The molecule has 1 heterocycles. The van der Waals surface area contributed by atoms with Crippen molar-refractivity contribution in [1.82, 2.24) is 5.32 Å². The summed E-state index contributed by atoms with van der Waals surface area (Å²) in [6.45, 7) is 0.593. The predicted molar refractivity (Wildman–Crippen MR) is 82.3 cm³/mol. The zero-order valence-corrected chi connectivity index (χ0v) is 12.5. The summed E-state index contributed by atoms with van der Waals surface area (Å²) in [5, 5.41) is 3.83. The maximum absolute atomic E-state index is 13.5. The van der Waals surface area contributed by atoms with Gasteiger partial charge in [0.15, 0.2) is 0 Å². The molecule has 0 aromatic heterocycles. The van der Waals surface area contributed by atoms with Crippen LogP contribution in [-0.2, 0) is 6.42 Å². The molecule has 4 heteroatoms. The first-order valence-corrected chi connectivity index (χ1v) is 7.39. The van der Waals surface area contributed by atoms with Gasteiger partial charge in [0, 0.05) is 17.0 Å². The molecule has 0 spiro atoms. The minimum atomic E-state index is -0.272. The Hall–Kier alpha value is -1.58. The molecule has 2 atom stereocenters. The van der Waals surface area contributed by atoms with Gasteiger partial charge in [-0.3, -0.25) is 0 Å². The van der Waals surface area contributed by atoms with E-state index in [1.165, 1.54) is 17.7 Å². The van der Waals surface area contributed by atoms with Gasteiger partial charge in [-0.1, -0.05) is 29.8 Å². The van der Waals surface area contributed by atoms with E-state index >= 15 is 0 Å². The molecule has 2 aromatic carbocycles. The smallest absolute Gasteiger partial charge is 0.123 e. The highest BCUT2D eigenvalue weighted by molar-refractivity contribution is 6.31. The molecule has 0 amide bonds. The van der Waals surface area contributed by atoms with Crippen LogP contribution in [0.2, 0.25) is 5.02 Å². The van der Waals surface area contributed by atoms with Crippen molar-refractivity contribution in [2.45, 2.75) is 12.5 Å². The maximum Gasteiger partial charge on any atom is 0.123 e. The van der Waals surface area contributed by atoms with Gasteiger partial charge in [0.2, 0.25) is 0 Å². The SMILES string of the molecule is CNC(c1cc(F)ccc1Cl)C1COc2ccccc2C1. The van der Waals surface area contributed by atoms with Gasteiger partial charge in [0.1, 0.15) is 11.6 Å². The molecule has 110 valence electrons. The summed E-state index contributed by atoms with van der Waals surface area (Å²) in [7, 11) is 1.87. The molecule has 1 aliphatic rings. The molecule has 0 saturated carbocycles. The lowest BCUT2D eigenvalue weighted by Crippen LogP contribution is -2.33. The number of para-hydroxylation sites is 1. The monoisotopic (exact) mass is 305 g/mol. The third kappa shape index (κ3) is 2.89. The average Bonchev–Trinajstić information content (AvgIpc) is 2.51. The van der Waals surface area contributed by atoms with Gasteiger partial charge in [-0.2, -0.15) is 0 Å². The highest BCUT2D eigenvalue weighted by Gasteiger charge is 2.29. The molecule has 0 saturated heterocycles. The summed E-state index contributed by atoms with van der Waals surface area (Å²) in [5.41, 5.74) is 1.97. The van der Waals surface area contributed by atoms with E-state index in [1.807, 2.05) is 25.2 Å². The Morgan fingerprint density at radius 3 is 2.90 bits per heavy atom. The maximum atomic E-state index is 13.5. The summed E-state index contributed by atoms with van der Waals surface area (Å²) in [6.07, 6.45) is 0.883. The van der Waals surface area contributed by atoms with E-state index in [0.717, 1.165) is 17.7 Å². The van der Waals surface area contributed by atoms with Crippen LogP contribution in [0.5, 0.6) is 5.75 Å². The third-order valence-corrected chi connectivity index (χ3v) is 4.33. The first kappa shape index (κ1) is 14.4. The van der Waals surface area contributed by atoms with Crippen LogP contribution < -0.4 is 10.1 Å². The number of rotatable bonds is 3. The quantitative estimate of drug-likeness (QED) is 0.926. The third-order valence-electron chi connectivity index (χ3n) is 3.98. The standard InChI is InChI=1S/C17H17ClFNO/c1-20-17(14-9-13(19)6-7-15(14)18)12-8-11-4-2-3-5-16(11)21-10-12/h2-7,9,12,17,20H,8,10H2,1H3. The largest absolute Gasteiger partial charge is 0.493 e. The molecule has 2 unspecified atom stereocenters. The van der Waals surface area contributed by atoms with E-state index < -0.39 is 0 Å². The molecule has 0 bridgehead atoms. The Kier molecular flexibility index (Phi) is 4.13. The van der Waals surface area contributed by atoms with Gasteiger partial charge in [0.25, 0.3) is 0 Å². The Balaban J connectivity index is 1.90. The second-order valence-corrected chi connectivity index (χ2v) is 5.72. The van der Waals surface area contributed by atoms with Crippen molar-refractivity contribution in [3.63, 3.8) is 0 Å². The Bertz CT molecular complexity index is 646. The topological polar surface area (TPSA) is 21.3 Å². The number of nitrogens with one attached hydrogen (secondary N) is 1. The molecule has 2 nitrogen and oxygen atoms in total. The van der Waals surface area contributed by atoms with Gasteiger partial charge in [-0.05, 0) is 48.9 Å². The molecule has 0 fully saturated rings. The van der Waals surface area contributed by atoms with Crippen LogP contribution in [-0.4, -0.2) is 13.7 Å². The lowest BCUT2D eigenvalue weighted by Gasteiger charge is -2.32. The van der Waals surface area contributed by atoms with Crippen LogP contribution in [0.4, 0.5) is 4.39 Å². The molecule has 0 aliphatic carbocycles. The van der Waals surface area contributed by atoms with E-state index in [0.29, 0.717) is 11.6 Å². The normalized spacial score (nSPS) is 18.7. The molecular weight excluding hydrogens is 289 g/mol. The molecule has 2 aromatic rings. The Labute approximate surface area is 128 Å². The summed E-state index contributed by atoms with van der Waals surface area (Å²) in [5.74, 6) is 0.880. The number of ether oxygens (including phenoxy) is 1. The number of hydrogen-bond acceptors (Lipinski definition) is 2. The fraction of sp³-hybridized carbons (Fsp3) is 0.294. The lowest BCUT2D eigenvalue weighted by atomic mass is 9.86. The highest BCUT2D eigenvalue weighted by atomic mass is 35.5. The van der Waals surface area contributed by atoms with Crippen LogP contribution in [0.1, 0.15) is 17.2 Å². The fourth-order valence-corrected chi connectivity index (χ4v) is 3.20. The van der Waals surface area contributed by atoms with Crippen LogP contribution in [0.3, 0.4) is 0 Å². The molecule has 1 aliphatic heterocycles. The molecule has 1 N–H and O–H groups in total. The summed E-state index contributed by atoms with van der Waals surface area (Å²) in [6, 6.07) is 12.5. The predicted octanol–water partition coefficient (Wildman–Crippen LogP) is 3.99. The summed E-state index contributed by atoms with van der Waals surface area (Å²) < 4.78 is 19.4. The zero-order valence-electron chi connectivity index (χ0n) is 11.8. The van der Waals surface area contributed by atoms with Crippen LogP contribution >= 0.6 is 11.6 Å². The fourth-order valence-electron chi connectivity index (χ4n) is 2.96. The summed E-state index contributed by atoms with van der Waals surface area (Å²) >= 11 is 6.24. The van der Waals surface area contributed by atoms with Crippen LogP contribution in [0.15, 0.2) is 42.5 Å². The van der Waals surface area contributed by atoms with Crippen molar-refractivity contribution in [3.8, 4) is 5.75 Å². The van der Waals surface area contributed by atoms with Gasteiger partial charge < -0.3 is 10.1 Å². The minimum absolute atomic E-state index is 0.0402. The average molecular weight is 306 g/mol. The van der Waals surface area contributed by atoms with E-state index in [-0.39, 0.29) is 17.8 Å². The second-order valence-electron chi connectivity index (χ2n) is 5.32. The number of benzene rings is 2. The van der Waals surface area contributed by atoms with Crippen molar-refractivity contribution in [2.75, 3.05) is 13.7 Å². The zero-order chi connectivity index (χ0) is 14.8. The second kappa shape index (κ2) is 6.04. The molecular formula is C17H17ClFNO. The van der Waals surface area contributed by atoms with Crippen molar-refractivity contribution >= 4 is 11.6 Å². The number of hydrogen-bond donors (Lipinski definition) is 1. The van der Waals surface area contributed by atoms with Gasteiger partial charge in [-0.25, -0.2) is 4.39 Å². The molecule has 0 radical (unpaired) electrons. The number of fused-ring (bicyclic) bond motifs is 1. The van der Waals surface area contributed by atoms with E-state index in [2.05, 4.69) is 11.4 Å². The summed E-state index contributed by atoms with van der Waals surface area (Å²) in [4.78, 5) is 0. The lowest BCUT2D eigenvalue weighted by molar-refractivity contribution is 0.188. The van der Waals surface area contributed by atoms with E-state index in [4.69, 9.17) is 16.3 Å².